The lowest BCUT2D eigenvalue weighted by molar-refractivity contribution is -0.121. The van der Waals surface area contributed by atoms with E-state index in [1.54, 1.807) is 20.8 Å². The van der Waals surface area contributed by atoms with Crippen molar-refractivity contribution in [1.82, 2.24) is 21.3 Å². The highest BCUT2D eigenvalue weighted by Gasteiger charge is 2.42. The lowest BCUT2D eigenvalue weighted by atomic mass is 10.0. The van der Waals surface area contributed by atoms with Crippen molar-refractivity contribution in [2.75, 3.05) is 45.3 Å². The average Bonchev–Trinajstić information content (AvgIpc) is 3.34. The first kappa shape index (κ1) is 35.6. The summed E-state index contributed by atoms with van der Waals surface area (Å²) in [4.78, 5) is 44.8. The van der Waals surface area contributed by atoms with Crippen LogP contribution in [0.1, 0.15) is 67.2 Å². The first-order chi connectivity index (χ1) is 18.7. The fraction of sp³-hybridized carbons (Fsp3) is 0.846. The summed E-state index contributed by atoms with van der Waals surface area (Å²) in [6.45, 7) is 13.2. The van der Waals surface area contributed by atoms with E-state index in [1.165, 1.54) is 0 Å². The molecule has 3 atom stereocenters. The zero-order valence-electron chi connectivity index (χ0n) is 24.8. The molecule has 2 heterocycles. The van der Waals surface area contributed by atoms with Gasteiger partial charge in [0.15, 0.2) is 0 Å². The highest BCUT2D eigenvalue weighted by molar-refractivity contribution is 8.00. The summed E-state index contributed by atoms with van der Waals surface area (Å²) in [5.41, 5.74) is 3.75. The lowest BCUT2D eigenvalue weighted by Crippen LogP contribution is -2.36. The van der Waals surface area contributed by atoms with Gasteiger partial charge in [-0.25, -0.2) is 14.4 Å². The SMILES string of the molecule is CC(C)(C)OC(=O)NCCOCCOCCNC(=O)CCCC[C@@H]1SC[C@@H]2NC(=O)N[C@@H]21.CC(C)(C)OC(N)=O. The highest BCUT2D eigenvalue weighted by Crippen LogP contribution is 2.33. The molecule has 232 valence electrons. The third-order valence-electron chi connectivity index (χ3n) is 5.34. The Morgan fingerprint density at radius 1 is 0.900 bits per heavy atom. The summed E-state index contributed by atoms with van der Waals surface area (Å²) in [6, 6.07) is 0.414. The van der Waals surface area contributed by atoms with Crippen LogP contribution in [-0.4, -0.2) is 97.9 Å². The number of primary amides is 1. The molecule has 2 rings (SSSR count). The van der Waals surface area contributed by atoms with E-state index in [2.05, 4.69) is 26.0 Å². The van der Waals surface area contributed by atoms with Crippen LogP contribution in [0.5, 0.6) is 0 Å². The number of hydrogen-bond acceptors (Lipinski definition) is 9. The Kier molecular flexibility index (Phi) is 16.1. The Morgan fingerprint density at radius 2 is 1.50 bits per heavy atom. The summed E-state index contributed by atoms with van der Waals surface area (Å²) in [5, 5.41) is 11.8. The van der Waals surface area contributed by atoms with Gasteiger partial charge in [-0.1, -0.05) is 6.42 Å². The molecule has 0 aliphatic carbocycles. The number of nitrogens with two attached hydrogens (primary N) is 1. The van der Waals surface area contributed by atoms with E-state index in [0.717, 1.165) is 25.0 Å². The van der Waals surface area contributed by atoms with Crippen LogP contribution in [0, 0.1) is 0 Å². The fourth-order valence-electron chi connectivity index (χ4n) is 3.79. The van der Waals surface area contributed by atoms with Crippen LogP contribution in [0.15, 0.2) is 0 Å². The maximum absolute atomic E-state index is 11.9. The molecule has 0 aromatic carbocycles. The molecule has 0 radical (unpaired) electrons. The molecule has 14 heteroatoms. The number of thioether (sulfide) groups is 1. The minimum Gasteiger partial charge on any atom is -0.444 e. The molecule has 0 spiro atoms. The molecule has 0 aromatic rings. The Morgan fingerprint density at radius 3 is 2.05 bits per heavy atom. The number of rotatable bonds is 14. The number of carbonyl (C=O) groups is 4. The van der Waals surface area contributed by atoms with Crippen LogP contribution in [0.25, 0.3) is 0 Å². The van der Waals surface area contributed by atoms with Crippen LogP contribution in [0.3, 0.4) is 0 Å². The zero-order chi connectivity index (χ0) is 30.2. The van der Waals surface area contributed by atoms with E-state index in [1.807, 2.05) is 32.5 Å². The summed E-state index contributed by atoms with van der Waals surface area (Å²) in [5.74, 6) is 0.994. The Labute approximate surface area is 242 Å². The molecular formula is C26H49N5O8S. The summed E-state index contributed by atoms with van der Waals surface area (Å²) in [7, 11) is 0. The van der Waals surface area contributed by atoms with Crippen LogP contribution in [-0.2, 0) is 23.7 Å². The first-order valence-electron chi connectivity index (χ1n) is 13.7. The van der Waals surface area contributed by atoms with Crippen molar-refractivity contribution in [1.29, 1.82) is 0 Å². The normalized spacial score (nSPS) is 19.9. The predicted octanol–water partition coefficient (Wildman–Crippen LogP) is 2.27. The van der Waals surface area contributed by atoms with Crippen LogP contribution in [0.4, 0.5) is 14.4 Å². The van der Waals surface area contributed by atoms with Gasteiger partial charge in [-0.15, -0.1) is 0 Å². The van der Waals surface area contributed by atoms with E-state index < -0.39 is 23.4 Å². The van der Waals surface area contributed by atoms with Gasteiger partial charge in [-0.3, -0.25) is 4.79 Å². The third-order valence-corrected chi connectivity index (χ3v) is 6.85. The minimum atomic E-state index is -0.725. The Bertz CT molecular complexity index is 803. The van der Waals surface area contributed by atoms with Crippen molar-refractivity contribution in [2.45, 2.75) is 95.8 Å². The van der Waals surface area contributed by atoms with Crippen molar-refractivity contribution in [2.24, 2.45) is 5.73 Å². The number of hydrogen-bond donors (Lipinski definition) is 5. The van der Waals surface area contributed by atoms with Gasteiger partial charge in [0, 0.05) is 30.5 Å². The Hall–Kier alpha value is -2.45. The van der Waals surface area contributed by atoms with Crippen LogP contribution in [0.2, 0.25) is 0 Å². The molecular weight excluding hydrogens is 542 g/mol. The molecule has 6 N–H and O–H groups in total. The van der Waals surface area contributed by atoms with E-state index in [4.69, 9.17) is 19.9 Å². The van der Waals surface area contributed by atoms with E-state index in [0.29, 0.717) is 51.2 Å². The van der Waals surface area contributed by atoms with Gasteiger partial charge in [0.1, 0.15) is 11.2 Å². The van der Waals surface area contributed by atoms with Crippen LogP contribution >= 0.6 is 11.8 Å². The van der Waals surface area contributed by atoms with Crippen molar-refractivity contribution in [3.8, 4) is 0 Å². The number of unbranched alkanes of at least 4 members (excludes halogenated alkanes) is 1. The fourth-order valence-corrected chi connectivity index (χ4v) is 5.33. The highest BCUT2D eigenvalue weighted by atomic mass is 32.2. The van der Waals surface area contributed by atoms with E-state index in [-0.39, 0.29) is 24.0 Å². The van der Waals surface area contributed by atoms with Crippen molar-refractivity contribution < 1.29 is 38.1 Å². The second-order valence-corrected chi connectivity index (χ2v) is 12.7. The maximum atomic E-state index is 11.9. The molecule has 2 aliphatic rings. The number of carbonyl (C=O) groups excluding carboxylic acids is 4. The standard InChI is InChI=1S/C21H38N4O6S.C5H11NO2/c1-21(2,3)31-20(28)23-9-11-30-13-12-29-10-8-22-17(26)7-5-4-6-16-18-15(14-32-16)24-19(27)25-18;1-5(2,3)8-4(6)7/h15-16,18H,4-14H2,1-3H3,(H,22,26)(H,23,28)(H2,24,25,27);1-3H3,(H2,6,7)/t15-,16-,18-;/m0./s1. The van der Waals surface area contributed by atoms with E-state index >= 15 is 0 Å². The average molecular weight is 592 g/mol. The number of urea groups is 1. The van der Waals surface area contributed by atoms with Gasteiger partial charge in [0.2, 0.25) is 5.91 Å². The van der Waals surface area contributed by atoms with Gasteiger partial charge in [0.25, 0.3) is 0 Å². The zero-order valence-corrected chi connectivity index (χ0v) is 25.6. The monoisotopic (exact) mass is 591 g/mol. The number of nitrogens with one attached hydrogen (secondary N) is 4. The molecule has 2 fully saturated rings. The molecule has 0 saturated carbocycles. The maximum Gasteiger partial charge on any atom is 0.407 e. The molecule has 5 amide bonds. The van der Waals surface area contributed by atoms with Gasteiger partial charge >= 0.3 is 18.2 Å². The van der Waals surface area contributed by atoms with Gasteiger partial charge in [-0.05, 0) is 54.4 Å². The molecule has 2 saturated heterocycles. The van der Waals surface area contributed by atoms with E-state index in [9.17, 15) is 19.2 Å². The first-order valence-corrected chi connectivity index (χ1v) is 14.8. The molecule has 0 unspecified atom stereocenters. The van der Waals surface area contributed by atoms with Gasteiger partial charge < -0.3 is 45.9 Å². The molecule has 13 nitrogen and oxygen atoms in total. The molecule has 2 aliphatic heterocycles. The third kappa shape index (κ3) is 18.0. The second kappa shape index (κ2) is 18.1. The van der Waals surface area contributed by atoms with Gasteiger partial charge in [0.05, 0.1) is 38.5 Å². The summed E-state index contributed by atoms with van der Waals surface area (Å²) < 4.78 is 20.5. The molecule has 40 heavy (non-hydrogen) atoms. The largest absolute Gasteiger partial charge is 0.444 e. The quantitative estimate of drug-likeness (QED) is 0.150. The van der Waals surface area contributed by atoms with Crippen molar-refractivity contribution >= 4 is 35.9 Å². The lowest BCUT2D eigenvalue weighted by Gasteiger charge is -2.19. The van der Waals surface area contributed by atoms with Crippen molar-refractivity contribution in [3.05, 3.63) is 0 Å². The summed E-state index contributed by atoms with van der Waals surface area (Å²) in [6.07, 6.45) is 2.15. The Balaban J connectivity index is 0.000000869. The summed E-state index contributed by atoms with van der Waals surface area (Å²) >= 11 is 1.90. The second-order valence-electron chi connectivity index (χ2n) is 11.4. The number of fused-ring (bicyclic) bond motifs is 1. The van der Waals surface area contributed by atoms with Crippen LogP contribution < -0.4 is 27.0 Å². The number of ether oxygens (including phenoxy) is 4. The number of amides is 5. The topological polar surface area (TPSA) is 179 Å². The number of alkyl carbamates (subject to hydrolysis) is 1. The smallest absolute Gasteiger partial charge is 0.407 e. The molecule has 0 aromatic heterocycles. The molecule has 0 bridgehead atoms. The van der Waals surface area contributed by atoms with Crippen molar-refractivity contribution in [3.63, 3.8) is 0 Å². The van der Waals surface area contributed by atoms with Gasteiger partial charge in [-0.2, -0.15) is 11.8 Å². The minimum absolute atomic E-state index is 0.0332. The predicted molar refractivity (Wildman–Crippen MR) is 153 cm³/mol.